The highest BCUT2D eigenvalue weighted by Crippen LogP contribution is 2.38. The van der Waals surface area contributed by atoms with Gasteiger partial charge in [0.05, 0.1) is 30.8 Å². The van der Waals surface area contributed by atoms with Gasteiger partial charge in [-0.05, 0) is 0 Å². The predicted octanol–water partition coefficient (Wildman–Crippen LogP) is 0.284. The first kappa shape index (κ1) is 9.30. The van der Waals surface area contributed by atoms with E-state index >= 15 is 0 Å². The van der Waals surface area contributed by atoms with Gasteiger partial charge in [0.2, 0.25) is 5.91 Å². The Labute approximate surface area is 81.8 Å². The Morgan fingerprint density at radius 1 is 1.54 bits per heavy atom. The molecule has 0 aromatic carbocycles. The van der Waals surface area contributed by atoms with Crippen LogP contribution in [0, 0.1) is 5.21 Å². The zero-order valence-electron chi connectivity index (χ0n) is 7.71. The van der Waals surface area contributed by atoms with Gasteiger partial charge in [-0.25, -0.2) is 0 Å². The lowest BCUT2D eigenvalue weighted by molar-refractivity contribution is -0.866. The first-order valence-corrected chi connectivity index (χ1v) is 5.51. The Morgan fingerprint density at radius 2 is 2.15 bits per heavy atom. The third-order valence-corrected chi connectivity index (χ3v) is 4.29. The van der Waals surface area contributed by atoms with Crippen molar-refractivity contribution in [2.24, 2.45) is 0 Å². The maximum Gasteiger partial charge on any atom is 0.231 e. The van der Waals surface area contributed by atoms with Crippen molar-refractivity contribution in [3.05, 3.63) is 5.21 Å². The second-order valence-electron chi connectivity index (χ2n) is 4.08. The first-order valence-electron chi connectivity index (χ1n) is 4.52. The average molecular weight is 202 g/mol. The Kier molecular flexibility index (Phi) is 2.05. The van der Waals surface area contributed by atoms with Crippen molar-refractivity contribution in [3.8, 4) is 0 Å². The summed E-state index contributed by atoms with van der Waals surface area (Å²) in [6, 6.07) is 0. The van der Waals surface area contributed by atoms with Gasteiger partial charge in [-0.3, -0.25) is 4.79 Å². The van der Waals surface area contributed by atoms with Crippen LogP contribution < -0.4 is 5.32 Å². The predicted molar refractivity (Wildman–Crippen MR) is 51.9 cm³/mol. The van der Waals surface area contributed by atoms with Crippen LogP contribution in [0.5, 0.6) is 0 Å². The van der Waals surface area contributed by atoms with E-state index in [0.29, 0.717) is 18.8 Å². The summed E-state index contributed by atoms with van der Waals surface area (Å²) in [6.45, 7) is 1.24. The molecule has 2 fully saturated rings. The van der Waals surface area contributed by atoms with Gasteiger partial charge < -0.3 is 15.2 Å². The molecule has 2 heterocycles. The molecule has 2 aliphatic rings. The zero-order chi connectivity index (χ0) is 9.53. The van der Waals surface area contributed by atoms with Crippen LogP contribution in [-0.2, 0) is 4.79 Å². The maximum absolute atomic E-state index is 11.6. The summed E-state index contributed by atoms with van der Waals surface area (Å²) in [7, 11) is 1.70. The van der Waals surface area contributed by atoms with Crippen molar-refractivity contribution in [3.63, 3.8) is 0 Å². The number of rotatable bonds is 0. The summed E-state index contributed by atoms with van der Waals surface area (Å²) in [5, 5.41) is 14.5. The summed E-state index contributed by atoms with van der Waals surface area (Å²) >= 11 is 1.66. The molecular weight excluding hydrogens is 188 g/mol. The van der Waals surface area contributed by atoms with Gasteiger partial charge in [-0.1, -0.05) is 0 Å². The Hall–Kier alpha value is -0.260. The third kappa shape index (κ3) is 1.82. The van der Waals surface area contributed by atoms with Crippen LogP contribution in [0.2, 0.25) is 0 Å². The van der Waals surface area contributed by atoms with Crippen molar-refractivity contribution < 1.29 is 9.44 Å². The number of carbonyl (C=O) groups is 1. The van der Waals surface area contributed by atoms with E-state index in [1.807, 2.05) is 0 Å². The lowest BCUT2D eigenvalue weighted by atomic mass is 10.0. The molecule has 4 nitrogen and oxygen atoms in total. The number of likely N-dealkylation sites (tertiary alicyclic amines) is 1. The van der Waals surface area contributed by atoms with E-state index in [1.54, 1.807) is 18.8 Å². The molecule has 0 radical (unpaired) electrons. The molecular formula is C8H14N2O2S. The summed E-state index contributed by atoms with van der Waals surface area (Å²) < 4.78 is -0.155. The lowest BCUT2D eigenvalue weighted by Crippen LogP contribution is -2.54. The number of carbonyl (C=O) groups excluding carboxylic acids is 1. The summed E-state index contributed by atoms with van der Waals surface area (Å²) in [6.07, 6.45) is 1.62. The Morgan fingerprint density at radius 3 is 2.62 bits per heavy atom. The average Bonchev–Trinajstić information content (AvgIpc) is 2.41. The van der Waals surface area contributed by atoms with E-state index in [4.69, 9.17) is 0 Å². The molecule has 2 rings (SSSR count). The van der Waals surface area contributed by atoms with Crippen LogP contribution in [-0.4, -0.2) is 41.3 Å². The second-order valence-corrected chi connectivity index (χ2v) is 5.43. The van der Waals surface area contributed by atoms with Crippen LogP contribution in [0.3, 0.4) is 0 Å². The molecule has 0 bridgehead atoms. The van der Waals surface area contributed by atoms with Crippen LogP contribution in [0.4, 0.5) is 0 Å². The van der Waals surface area contributed by atoms with Crippen LogP contribution in [0.1, 0.15) is 12.8 Å². The number of thioether (sulfide) groups is 1. The Balaban J connectivity index is 2.01. The van der Waals surface area contributed by atoms with Crippen molar-refractivity contribution in [1.82, 2.24) is 5.32 Å². The minimum atomic E-state index is -0.155. The number of nitrogens with zero attached hydrogens (tertiary/aromatic N) is 1. The molecule has 1 amide bonds. The largest absolute Gasteiger partial charge is 0.633 e. The van der Waals surface area contributed by atoms with Gasteiger partial charge in [-0.15, -0.1) is 11.8 Å². The molecule has 1 N–H and O–H groups in total. The van der Waals surface area contributed by atoms with Crippen LogP contribution in [0.15, 0.2) is 0 Å². The van der Waals surface area contributed by atoms with Gasteiger partial charge in [0, 0.05) is 12.8 Å². The molecule has 0 atom stereocenters. The van der Waals surface area contributed by atoms with Crippen molar-refractivity contribution in [2.75, 3.05) is 25.9 Å². The second kappa shape index (κ2) is 2.87. The van der Waals surface area contributed by atoms with Gasteiger partial charge in [0.25, 0.3) is 0 Å². The topological polar surface area (TPSA) is 52.2 Å². The van der Waals surface area contributed by atoms with Crippen molar-refractivity contribution in [1.29, 1.82) is 0 Å². The number of hydrogen-bond donors (Lipinski definition) is 1. The molecule has 5 heteroatoms. The highest BCUT2D eigenvalue weighted by Gasteiger charge is 2.43. The zero-order valence-corrected chi connectivity index (χ0v) is 8.52. The summed E-state index contributed by atoms with van der Waals surface area (Å²) in [5.74, 6) is 0.676. The molecule has 1 spiro atoms. The van der Waals surface area contributed by atoms with Gasteiger partial charge in [0.1, 0.15) is 0 Å². The number of hydrogen-bond acceptors (Lipinski definition) is 3. The number of hydroxylamine groups is 3. The maximum atomic E-state index is 11.6. The molecule has 2 aliphatic heterocycles. The van der Waals surface area contributed by atoms with E-state index in [1.165, 1.54) is 0 Å². The summed E-state index contributed by atoms with van der Waals surface area (Å²) in [4.78, 5) is 11.0. The normalized spacial score (nSPS) is 45.2. The smallest absolute Gasteiger partial charge is 0.231 e. The fourth-order valence-corrected chi connectivity index (χ4v) is 3.01. The van der Waals surface area contributed by atoms with Crippen molar-refractivity contribution >= 4 is 17.7 Å². The molecule has 2 saturated heterocycles. The highest BCUT2D eigenvalue weighted by molar-refractivity contribution is 8.01. The minimum Gasteiger partial charge on any atom is -0.633 e. The number of amides is 1. The van der Waals surface area contributed by atoms with Gasteiger partial charge >= 0.3 is 0 Å². The third-order valence-electron chi connectivity index (χ3n) is 2.82. The SMILES string of the molecule is C[N+]1([O-])CCC2(CC1)NC(=O)CS2. The van der Waals surface area contributed by atoms with Gasteiger partial charge in [-0.2, -0.15) is 0 Å². The van der Waals surface area contributed by atoms with Crippen molar-refractivity contribution in [2.45, 2.75) is 17.7 Å². The van der Waals surface area contributed by atoms with Gasteiger partial charge in [0.15, 0.2) is 0 Å². The number of quaternary nitrogens is 1. The quantitative estimate of drug-likeness (QED) is 0.453. The monoisotopic (exact) mass is 202 g/mol. The molecule has 13 heavy (non-hydrogen) atoms. The molecule has 0 aromatic heterocycles. The van der Waals surface area contributed by atoms with E-state index in [9.17, 15) is 10.0 Å². The van der Waals surface area contributed by atoms with E-state index in [0.717, 1.165) is 12.8 Å². The highest BCUT2D eigenvalue weighted by atomic mass is 32.2. The molecule has 74 valence electrons. The molecule has 0 unspecified atom stereocenters. The van der Waals surface area contributed by atoms with E-state index in [-0.39, 0.29) is 15.4 Å². The van der Waals surface area contributed by atoms with Crippen LogP contribution in [0.25, 0.3) is 0 Å². The fourth-order valence-electron chi connectivity index (χ4n) is 1.87. The summed E-state index contributed by atoms with van der Waals surface area (Å²) in [5.41, 5.74) is 0. The number of piperidine rings is 1. The fraction of sp³-hybridized carbons (Fsp3) is 0.875. The Bertz CT molecular complexity index is 232. The van der Waals surface area contributed by atoms with E-state index < -0.39 is 0 Å². The molecule has 0 aromatic rings. The van der Waals surface area contributed by atoms with Crippen LogP contribution >= 0.6 is 11.8 Å². The van der Waals surface area contributed by atoms with E-state index in [2.05, 4.69) is 5.32 Å². The minimum absolute atomic E-state index is 0.0980. The first-order chi connectivity index (χ1) is 6.02. The number of nitrogens with one attached hydrogen (secondary N) is 1. The standard InChI is InChI=1S/C8H14N2O2S/c1-10(12)4-2-8(3-5-10)9-7(11)6-13-8/h2-6H2,1H3,(H,9,11). The lowest BCUT2D eigenvalue weighted by Gasteiger charge is -2.47. The molecule has 0 aliphatic carbocycles. The molecule has 0 saturated carbocycles.